The monoisotopic (exact) mass is 298 g/mol. The molecular formula is C14H12F2O3S. The number of rotatable bonds is 3. The van der Waals surface area contributed by atoms with Crippen LogP contribution in [0.3, 0.4) is 0 Å². The van der Waals surface area contributed by atoms with Crippen LogP contribution in [0.2, 0.25) is 0 Å². The minimum atomic E-state index is -4.28. The maximum Gasteiger partial charge on any atom is 0.339 e. The van der Waals surface area contributed by atoms with Crippen LogP contribution in [0.1, 0.15) is 11.1 Å². The van der Waals surface area contributed by atoms with E-state index in [1.54, 1.807) is 32.0 Å². The molecule has 3 nitrogen and oxygen atoms in total. The van der Waals surface area contributed by atoms with Crippen LogP contribution in [0.15, 0.2) is 41.3 Å². The van der Waals surface area contributed by atoms with Crippen molar-refractivity contribution in [3.05, 3.63) is 59.2 Å². The zero-order valence-corrected chi connectivity index (χ0v) is 11.7. The van der Waals surface area contributed by atoms with Gasteiger partial charge in [0, 0.05) is 6.07 Å². The van der Waals surface area contributed by atoms with Crippen molar-refractivity contribution < 1.29 is 21.4 Å². The van der Waals surface area contributed by atoms with E-state index in [0.29, 0.717) is 29.3 Å². The largest absolute Gasteiger partial charge is 0.378 e. The van der Waals surface area contributed by atoms with E-state index in [1.807, 2.05) is 0 Å². The third kappa shape index (κ3) is 2.96. The Balaban J connectivity index is 2.46. The Morgan fingerprint density at radius 1 is 0.950 bits per heavy atom. The van der Waals surface area contributed by atoms with Crippen LogP contribution >= 0.6 is 0 Å². The normalized spacial score (nSPS) is 11.4. The first kappa shape index (κ1) is 14.5. The lowest BCUT2D eigenvalue weighted by atomic mass is 10.1. The fourth-order valence-electron chi connectivity index (χ4n) is 1.76. The predicted octanol–water partition coefficient (Wildman–Crippen LogP) is 3.35. The Morgan fingerprint density at radius 2 is 1.45 bits per heavy atom. The van der Waals surface area contributed by atoms with Gasteiger partial charge in [-0.2, -0.15) is 8.42 Å². The smallest absolute Gasteiger partial charge is 0.339 e. The van der Waals surface area contributed by atoms with Gasteiger partial charge in [-0.05, 0) is 37.1 Å². The summed E-state index contributed by atoms with van der Waals surface area (Å²) in [5, 5.41) is 0. The van der Waals surface area contributed by atoms with Gasteiger partial charge in [-0.25, -0.2) is 8.78 Å². The minimum absolute atomic E-state index is 0.164. The van der Waals surface area contributed by atoms with Crippen molar-refractivity contribution in [3.63, 3.8) is 0 Å². The maximum absolute atomic E-state index is 13.1. The van der Waals surface area contributed by atoms with E-state index in [9.17, 15) is 17.2 Å². The zero-order chi connectivity index (χ0) is 14.9. The summed E-state index contributed by atoms with van der Waals surface area (Å²) in [6.07, 6.45) is 0. The van der Waals surface area contributed by atoms with E-state index in [0.717, 1.165) is 0 Å². The first-order valence-electron chi connectivity index (χ1n) is 5.76. The number of para-hydroxylation sites is 1. The molecule has 0 aliphatic carbocycles. The molecule has 2 aromatic carbocycles. The topological polar surface area (TPSA) is 43.4 Å². The van der Waals surface area contributed by atoms with E-state index in [-0.39, 0.29) is 5.75 Å². The van der Waals surface area contributed by atoms with E-state index in [1.165, 1.54) is 0 Å². The standard InChI is InChI=1S/C14H12F2O3S/c1-9-4-3-5-10(2)14(9)19-20(17,18)13-7-11(15)6-12(16)8-13/h3-8H,1-2H3. The summed E-state index contributed by atoms with van der Waals surface area (Å²) in [6, 6.07) is 7.15. The highest BCUT2D eigenvalue weighted by Crippen LogP contribution is 2.26. The fourth-order valence-corrected chi connectivity index (χ4v) is 2.85. The molecule has 20 heavy (non-hydrogen) atoms. The number of hydrogen-bond acceptors (Lipinski definition) is 3. The molecule has 0 bridgehead atoms. The second-order valence-electron chi connectivity index (χ2n) is 4.36. The number of hydrogen-bond donors (Lipinski definition) is 0. The Hall–Kier alpha value is -1.95. The molecule has 2 aromatic rings. The quantitative estimate of drug-likeness (QED) is 0.816. The van der Waals surface area contributed by atoms with Gasteiger partial charge in [-0.15, -0.1) is 0 Å². The second-order valence-corrected chi connectivity index (χ2v) is 5.91. The molecule has 0 heterocycles. The number of halogens is 2. The average Bonchev–Trinajstić information content (AvgIpc) is 2.33. The van der Waals surface area contributed by atoms with Crippen molar-refractivity contribution in [2.75, 3.05) is 0 Å². The molecule has 0 saturated carbocycles. The summed E-state index contributed by atoms with van der Waals surface area (Å²) < 4.78 is 55.3. The Labute approximate surface area is 115 Å². The van der Waals surface area contributed by atoms with Crippen LogP contribution in [0.25, 0.3) is 0 Å². The number of benzene rings is 2. The molecule has 0 unspecified atom stereocenters. The first-order valence-corrected chi connectivity index (χ1v) is 7.17. The Bertz CT molecular complexity index is 715. The van der Waals surface area contributed by atoms with Gasteiger partial charge in [0.25, 0.3) is 0 Å². The summed E-state index contributed by atoms with van der Waals surface area (Å²) in [4.78, 5) is -0.558. The van der Waals surface area contributed by atoms with Crippen molar-refractivity contribution >= 4 is 10.1 Å². The summed E-state index contributed by atoms with van der Waals surface area (Å²) in [7, 11) is -4.28. The lowest BCUT2D eigenvalue weighted by Crippen LogP contribution is -2.12. The molecule has 0 spiro atoms. The molecule has 0 aromatic heterocycles. The molecule has 2 rings (SSSR count). The summed E-state index contributed by atoms with van der Waals surface area (Å²) in [6.45, 7) is 3.37. The highest BCUT2D eigenvalue weighted by molar-refractivity contribution is 7.87. The van der Waals surface area contributed by atoms with Crippen LogP contribution in [0.5, 0.6) is 5.75 Å². The molecule has 0 N–H and O–H groups in total. The van der Waals surface area contributed by atoms with E-state index < -0.39 is 26.6 Å². The van der Waals surface area contributed by atoms with Gasteiger partial charge in [0.2, 0.25) is 0 Å². The van der Waals surface area contributed by atoms with E-state index in [2.05, 4.69) is 0 Å². The van der Waals surface area contributed by atoms with Crippen LogP contribution < -0.4 is 4.18 Å². The molecule has 0 saturated heterocycles. The first-order chi connectivity index (χ1) is 9.29. The second kappa shape index (κ2) is 5.20. The fraction of sp³-hybridized carbons (Fsp3) is 0.143. The molecule has 0 fully saturated rings. The summed E-state index contributed by atoms with van der Waals surface area (Å²) in [5.41, 5.74) is 1.23. The van der Waals surface area contributed by atoms with Crippen LogP contribution in [0, 0.1) is 25.5 Å². The van der Waals surface area contributed by atoms with Crippen molar-refractivity contribution in [1.29, 1.82) is 0 Å². The molecule has 0 atom stereocenters. The minimum Gasteiger partial charge on any atom is -0.378 e. The van der Waals surface area contributed by atoms with E-state index >= 15 is 0 Å². The lowest BCUT2D eigenvalue weighted by molar-refractivity contribution is 0.479. The van der Waals surface area contributed by atoms with Gasteiger partial charge in [0.15, 0.2) is 0 Å². The molecule has 0 aliphatic rings. The Kier molecular flexibility index (Phi) is 3.76. The molecule has 0 amide bonds. The van der Waals surface area contributed by atoms with Crippen LogP contribution in [-0.4, -0.2) is 8.42 Å². The molecule has 0 aliphatic heterocycles. The van der Waals surface area contributed by atoms with Gasteiger partial charge in [-0.1, -0.05) is 18.2 Å². The third-order valence-corrected chi connectivity index (χ3v) is 3.93. The van der Waals surface area contributed by atoms with Crippen molar-refractivity contribution in [1.82, 2.24) is 0 Å². The van der Waals surface area contributed by atoms with Crippen LogP contribution in [-0.2, 0) is 10.1 Å². The third-order valence-electron chi connectivity index (χ3n) is 2.73. The number of aryl methyl sites for hydroxylation is 2. The summed E-state index contributed by atoms with van der Waals surface area (Å²) in [5.74, 6) is -1.79. The van der Waals surface area contributed by atoms with Crippen molar-refractivity contribution in [2.24, 2.45) is 0 Å². The van der Waals surface area contributed by atoms with Gasteiger partial charge in [-0.3, -0.25) is 0 Å². The maximum atomic E-state index is 13.1. The molecular weight excluding hydrogens is 286 g/mol. The average molecular weight is 298 g/mol. The Morgan fingerprint density at radius 3 is 1.95 bits per heavy atom. The van der Waals surface area contributed by atoms with Gasteiger partial charge < -0.3 is 4.18 Å². The predicted molar refractivity (Wildman–Crippen MR) is 70.1 cm³/mol. The molecule has 6 heteroatoms. The molecule has 106 valence electrons. The van der Waals surface area contributed by atoms with Gasteiger partial charge in [0.05, 0.1) is 0 Å². The van der Waals surface area contributed by atoms with Crippen LogP contribution in [0.4, 0.5) is 8.78 Å². The SMILES string of the molecule is Cc1cccc(C)c1OS(=O)(=O)c1cc(F)cc(F)c1. The van der Waals surface area contributed by atoms with E-state index in [4.69, 9.17) is 4.18 Å². The van der Waals surface area contributed by atoms with Gasteiger partial charge >= 0.3 is 10.1 Å². The van der Waals surface area contributed by atoms with Gasteiger partial charge in [0.1, 0.15) is 22.3 Å². The highest BCUT2D eigenvalue weighted by atomic mass is 32.2. The summed E-state index contributed by atoms with van der Waals surface area (Å²) >= 11 is 0. The van der Waals surface area contributed by atoms with Crippen molar-refractivity contribution in [3.8, 4) is 5.75 Å². The van der Waals surface area contributed by atoms with Crippen molar-refractivity contribution in [2.45, 2.75) is 18.7 Å². The lowest BCUT2D eigenvalue weighted by Gasteiger charge is -2.12. The zero-order valence-electron chi connectivity index (χ0n) is 10.9. The molecule has 0 radical (unpaired) electrons. The highest BCUT2D eigenvalue weighted by Gasteiger charge is 2.20.